The molecule has 2 nitrogen and oxygen atoms in total. The Kier molecular flexibility index (Phi) is 4.93. The van der Waals surface area contributed by atoms with Gasteiger partial charge < -0.3 is 5.11 Å². The third kappa shape index (κ3) is 3.61. The van der Waals surface area contributed by atoms with Crippen LogP contribution in [-0.4, -0.2) is 17.1 Å². The van der Waals surface area contributed by atoms with Crippen LogP contribution in [0.15, 0.2) is 0 Å². The second-order valence-corrected chi connectivity index (χ2v) is 4.19. The Morgan fingerprint density at radius 2 is 2.22 bits per heavy atom. The summed E-state index contributed by atoms with van der Waals surface area (Å²) in [6.45, 7) is 3.97. The van der Waals surface area contributed by atoms with Gasteiger partial charge in [-0.2, -0.15) is 0 Å². The molecule has 0 amide bonds. The molecule has 0 aliphatic carbocycles. The van der Waals surface area contributed by atoms with Crippen molar-refractivity contribution in [1.29, 1.82) is 0 Å². The molecule has 0 aliphatic heterocycles. The molecule has 2 unspecified atom stereocenters. The molecule has 0 saturated heterocycles. The first-order valence-corrected chi connectivity index (χ1v) is 4.78. The van der Waals surface area contributed by atoms with Gasteiger partial charge in [-0.25, -0.2) is 0 Å². The number of rotatable bonds is 4. The molecule has 0 aliphatic rings. The molecular formula is C6H14O2P+. The summed E-state index contributed by atoms with van der Waals surface area (Å²) >= 11 is 0. The fourth-order valence-electron chi connectivity index (χ4n) is 0.701. The van der Waals surface area contributed by atoms with Crippen LogP contribution in [0.5, 0.6) is 0 Å². The molecule has 0 saturated carbocycles. The Morgan fingerprint density at radius 3 is 2.56 bits per heavy atom. The van der Waals surface area contributed by atoms with Crippen molar-refractivity contribution in [2.24, 2.45) is 0 Å². The zero-order chi connectivity index (χ0) is 7.28. The van der Waals surface area contributed by atoms with Crippen molar-refractivity contribution < 1.29 is 9.67 Å². The highest BCUT2D eigenvalue weighted by Gasteiger charge is 2.22. The topological polar surface area (TPSA) is 37.3 Å². The largest absolute Gasteiger partial charge is 0.369 e. The van der Waals surface area contributed by atoms with Crippen molar-refractivity contribution in [3.8, 4) is 0 Å². The summed E-state index contributed by atoms with van der Waals surface area (Å²) in [6.07, 6.45) is 1.84. The summed E-state index contributed by atoms with van der Waals surface area (Å²) in [4.78, 5) is 0. The van der Waals surface area contributed by atoms with Crippen LogP contribution in [0.3, 0.4) is 0 Å². The quantitative estimate of drug-likeness (QED) is 0.620. The SMILES string of the molecule is CCCC(C)[P+](=O)CO. The van der Waals surface area contributed by atoms with E-state index in [1.165, 1.54) is 0 Å². The van der Waals surface area contributed by atoms with Crippen LogP contribution in [0.4, 0.5) is 0 Å². The third-order valence-corrected chi connectivity index (χ3v) is 2.86. The van der Waals surface area contributed by atoms with Gasteiger partial charge in [-0.05, 0) is 13.3 Å². The molecule has 2 atom stereocenters. The Labute approximate surface area is 57.1 Å². The second-order valence-electron chi connectivity index (χ2n) is 2.20. The molecule has 0 aromatic carbocycles. The standard InChI is InChI=1S/C6H14O2P/c1-3-4-6(2)9(8)5-7/h6-7H,3-5H2,1-2H3/q+1. The maximum Gasteiger partial charge on any atom is 0.369 e. The van der Waals surface area contributed by atoms with Crippen molar-refractivity contribution in [3.63, 3.8) is 0 Å². The van der Waals surface area contributed by atoms with Crippen molar-refractivity contribution in [3.05, 3.63) is 0 Å². The lowest BCUT2D eigenvalue weighted by molar-refractivity contribution is 0.360. The van der Waals surface area contributed by atoms with Crippen LogP contribution in [0.25, 0.3) is 0 Å². The van der Waals surface area contributed by atoms with Crippen molar-refractivity contribution >= 4 is 7.80 Å². The minimum Gasteiger partial charge on any atom is -0.353 e. The zero-order valence-corrected chi connectivity index (χ0v) is 6.90. The van der Waals surface area contributed by atoms with E-state index in [9.17, 15) is 4.57 Å². The average Bonchev–Trinajstić information content (AvgIpc) is 1.87. The first-order valence-electron chi connectivity index (χ1n) is 3.27. The fourth-order valence-corrected chi connectivity index (χ4v) is 1.53. The van der Waals surface area contributed by atoms with Crippen LogP contribution in [0, 0.1) is 0 Å². The minimum absolute atomic E-state index is 0.156. The summed E-state index contributed by atoms with van der Waals surface area (Å²) in [5.41, 5.74) is 0.190. The molecule has 0 aromatic heterocycles. The predicted octanol–water partition coefficient (Wildman–Crippen LogP) is 1.95. The van der Waals surface area contributed by atoms with Crippen LogP contribution in [0.1, 0.15) is 26.7 Å². The molecular weight excluding hydrogens is 135 g/mol. The van der Waals surface area contributed by atoms with Crippen LogP contribution in [0.2, 0.25) is 0 Å². The van der Waals surface area contributed by atoms with Gasteiger partial charge in [0.2, 0.25) is 6.35 Å². The first-order chi connectivity index (χ1) is 4.22. The second kappa shape index (κ2) is 4.89. The zero-order valence-electron chi connectivity index (χ0n) is 6.00. The van der Waals surface area contributed by atoms with E-state index >= 15 is 0 Å². The van der Waals surface area contributed by atoms with Gasteiger partial charge in [0.1, 0.15) is 0 Å². The Hall–Kier alpha value is 0.0600. The Morgan fingerprint density at radius 1 is 1.67 bits per heavy atom. The van der Waals surface area contributed by atoms with E-state index in [1.54, 1.807) is 0 Å². The lowest BCUT2D eigenvalue weighted by atomic mass is 10.3. The lowest BCUT2D eigenvalue weighted by Crippen LogP contribution is -1.95. The average molecular weight is 149 g/mol. The highest BCUT2D eigenvalue weighted by Crippen LogP contribution is 2.28. The summed E-state index contributed by atoms with van der Waals surface area (Å²) < 4.78 is 10.8. The summed E-state index contributed by atoms with van der Waals surface area (Å²) in [5.74, 6) is 0. The van der Waals surface area contributed by atoms with E-state index in [2.05, 4.69) is 6.92 Å². The number of hydrogen-bond donors (Lipinski definition) is 1. The Balaban J connectivity index is 3.45. The van der Waals surface area contributed by atoms with Gasteiger partial charge in [0.05, 0.1) is 0 Å². The summed E-state index contributed by atoms with van der Waals surface area (Å²) in [6, 6.07) is 0. The van der Waals surface area contributed by atoms with Crippen molar-refractivity contribution in [2.75, 3.05) is 6.35 Å². The van der Waals surface area contributed by atoms with Gasteiger partial charge in [-0.3, -0.25) is 0 Å². The predicted molar refractivity (Wildman–Crippen MR) is 39.1 cm³/mol. The van der Waals surface area contributed by atoms with Gasteiger partial charge in [-0.15, -0.1) is 0 Å². The minimum atomic E-state index is -1.34. The van der Waals surface area contributed by atoms with Gasteiger partial charge in [0.15, 0.2) is 5.66 Å². The Bertz CT molecular complexity index is 93.1. The van der Waals surface area contributed by atoms with Gasteiger partial charge in [0.25, 0.3) is 0 Å². The molecule has 9 heavy (non-hydrogen) atoms. The van der Waals surface area contributed by atoms with E-state index in [0.29, 0.717) is 0 Å². The molecule has 0 radical (unpaired) electrons. The molecule has 0 aromatic rings. The summed E-state index contributed by atoms with van der Waals surface area (Å²) in [5, 5.41) is 8.45. The molecule has 1 N–H and O–H groups in total. The molecule has 54 valence electrons. The third-order valence-electron chi connectivity index (χ3n) is 1.34. The van der Waals surface area contributed by atoms with E-state index in [4.69, 9.17) is 5.11 Å². The van der Waals surface area contributed by atoms with Gasteiger partial charge in [-0.1, -0.05) is 17.9 Å². The maximum atomic E-state index is 10.8. The highest BCUT2D eigenvalue weighted by molar-refractivity contribution is 7.45. The monoisotopic (exact) mass is 149 g/mol. The molecule has 0 spiro atoms. The molecule has 3 heteroatoms. The normalized spacial score (nSPS) is 15.2. The van der Waals surface area contributed by atoms with E-state index in [1.807, 2.05) is 6.92 Å². The fraction of sp³-hybridized carbons (Fsp3) is 1.00. The summed E-state index contributed by atoms with van der Waals surface area (Å²) in [7, 11) is -1.34. The van der Waals surface area contributed by atoms with E-state index < -0.39 is 7.80 Å². The van der Waals surface area contributed by atoms with Gasteiger partial charge >= 0.3 is 7.80 Å². The molecule has 0 rings (SSSR count). The number of hydrogen-bond acceptors (Lipinski definition) is 2. The number of aliphatic hydroxyl groups excluding tert-OH is 1. The van der Waals surface area contributed by atoms with E-state index in [0.717, 1.165) is 12.8 Å². The van der Waals surface area contributed by atoms with Crippen LogP contribution in [-0.2, 0) is 4.57 Å². The molecule has 0 heterocycles. The molecule has 0 bridgehead atoms. The van der Waals surface area contributed by atoms with Gasteiger partial charge in [0, 0.05) is 0 Å². The highest BCUT2D eigenvalue weighted by atomic mass is 31.1. The van der Waals surface area contributed by atoms with Crippen LogP contribution < -0.4 is 0 Å². The van der Waals surface area contributed by atoms with E-state index in [-0.39, 0.29) is 12.0 Å². The van der Waals surface area contributed by atoms with Crippen LogP contribution >= 0.6 is 7.80 Å². The first kappa shape index (κ1) is 9.06. The van der Waals surface area contributed by atoms with Crippen molar-refractivity contribution in [1.82, 2.24) is 0 Å². The lowest BCUT2D eigenvalue weighted by Gasteiger charge is -1.93. The number of aliphatic hydroxyl groups is 1. The van der Waals surface area contributed by atoms with Crippen molar-refractivity contribution in [2.45, 2.75) is 32.3 Å². The smallest absolute Gasteiger partial charge is 0.353 e. The molecule has 0 fully saturated rings. The maximum absolute atomic E-state index is 10.8.